The molecule has 0 saturated carbocycles. The molecule has 0 aliphatic carbocycles. The van der Waals surface area contributed by atoms with E-state index >= 15 is 0 Å². The lowest BCUT2D eigenvalue weighted by Gasteiger charge is -2.06. The zero-order valence-corrected chi connectivity index (χ0v) is 6.64. The predicted octanol–water partition coefficient (Wildman–Crippen LogP) is 1.00. The van der Waals surface area contributed by atoms with Crippen molar-refractivity contribution in [3.63, 3.8) is 0 Å². The number of thiocarbonyl (C=S) groups is 1. The minimum absolute atomic E-state index is 0.627. The van der Waals surface area contributed by atoms with Crippen LogP contribution in [0.3, 0.4) is 0 Å². The standard InChI is InChI=1S/C6H12N2S/c1-4-5(2)8-6(9)7-3/h2,4H2,1,3H3,(H2,7,8,9). The van der Waals surface area contributed by atoms with Crippen LogP contribution in [0.1, 0.15) is 13.3 Å². The SMILES string of the molecule is C=C(CC)NC(=S)NC. The first-order valence-electron chi connectivity index (χ1n) is 2.87. The first-order valence-corrected chi connectivity index (χ1v) is 3.28. The highest BCUT2D eigenvalue weighted by Gasteiger charge is 1.90. The van der Waals surface area contributed by atoms with Crippen molar-refractivity contribution in [1.29, 1.82) is 0 Å². The van der Waals surface area contributed by atoms with Crippen molar-refractivity contribution in [2.24, 2.45) is 0 Å². The second kappa shape index (κ2) is 4.32. The minimum Gasteiger partial charge on any atom is -0.366 e. The van der Waals surface area contributed by atoms with Crippen molar-refractivity contribution < 1.29 is 0 Å². The molecule has 0 atom stereocenters. The average Bonchev–Trinajstić information content (AvgIpc) is 1.87. The fourth-order valence-corrected chi connectivity index (χ4v) is 0.456. The molecule has 9 heavy (non-hydrogen) atoms. The van der Waals surface area contributed by atoms with Gasteiger partial charge in [0.15, 0.2) is 5.11 Å². The van der Waals surface area contributed by atoms with E-state index < -0.39 is 0 Å². The topological polar surface area (TPSA) is 24.1 Å². The highest BCUT2D eigenvalue weighted by molar-refractivity contribution is 7.80. The molecule has 0 rings (SSSR count). The van der Waals surface area contributed by atoms with Crippen LogP contribution >= 0.6 is 12.2 Å². The molecule has 0 heterocycles. The molecule has 0 saturated heterocycles. The lowest BCUT2D eigenvalue weighted by molar-refractivity contribution is 0.960. The zero-order chi connectivity index (χ0) is 7.28. The third-order valence-electron chi connectivity index (χ3n) is 0.944. The molecule has 52 valence electrons. The van der Waals surface area contributed by atoms with Crippen LogP contribution in [0, 0.1) is 0 Å². The second-order valence-electron chi connectivity index (χ2n) is 1.66. The lowest BCUT2D eigenvalue weighted by atomic mass is 10.4. The molecule has 0 aromatic heterocycles. The van der Waals surface area contributed by atoms with E-state index in [4.69, 9.17) is 12.2 Å². The Labute approximate surface area is 61.3 Å². The largest absolute Gasteiger partial charge is 0.366 e. The van der Waals surface area contributed by atoms with Crippen LogP contribution in [0.2, 0.25) is 0 Å². The van der Waals surface area contributed by atoms with Gasteiger partial charge in [-0.1, -0.05) is 13.5 Å². The summed E-state index contributed by atoms with van der Waals surface area (Å²) in [6.45, 7) is 5.74. The molecule has 0 radical (unpaired) electrons. The summed E-state index contributed by atoms with van der Waals surface area (Å²) < 4.78 is 0. The maximum Gasteiger partial charge on any atom is 0.170 e. The molecule has 0 aromatic rings. The molecule has 0 spiro atoms. The summed E-state index contributed by atoms with van der Waals surface area (Å²) in [5.41, 5.74) is 0.939. The first-order chi connectivity index (χ1) is 4.20. The molecule has 0 bridgehead atoms. The van der Waals surface area contributed by atoms with Crippen LogP contribution in [-0.2, 0) is 0 Å². The molecule has 0 unspecified atom stereocenters. The molecule has 0 aliphatic heterocycles. The molecular formula is C6H12N2S. The van der Waals surface area contributed by atoms with Gasteiger partial charge in [-0.25, -0.2) is 0 Å². The quantitative estimate of drug-likeness (QED) is 0.565. The summed E-state index contributed by atoms with van der Waals surface area (Å²) in [4.78, 5) is 0. The van der Waals surface area contributed by atoms with Crippen LogP contribution in [0.25, 0.3) is 0 Å². The number of hydrogen-bond acceptors (Lipinski definition) is 1. The van der Waals surface area contributed by atoms with Gasteiger partial charge in [0.1, 0.15) is 0 Å². The summed E-state index contributed by atoms with van der Waals surface area (Å²) in [7, 11) is 1.78. The smallest absolute Gasteiger partial charge is 0.170 e. The van der Waals surface area contributed by atoms with Gasteiger partial charge in [0, 0.05) is 12.7 Å². The zero-order valence-electron chi connectivity index (χ0n) is 5.82. The highest BCUT2D eigenvalue weighted by atomic mass is 32.1. The van der Waals surface area contributed by atoms with Crippen molar-refractivity contribution in [3.05, 3.63) is 12.3 Å². The van der Waals surface area contributed by atoms with Crippen molar-refractivity contribution in [3.8, 4) is 0 Å². The van der Waals surface area contributed by atoms with Gasteiger partial charge in [-0.05, 0) is 18.6 Å². The fraction of sp³-hybridized carbons (Fsp3) is 0.500. The first kappa shape index (κ1) is 8.43. The van der Waals surface area contributed by atoms with Gasteiger partial charge in [0.2, 0.25) is 0 Å². The van der Waals surface area contributed by atoms with Crippen LogP contribution in [0.5, 0.6) is 0 Å². The Bertz CT molecular complexity index is 106. The van der Waals surface area contributed by atoms with Crippen LogP contribution in [0.15, 0.2) is 12.3 Å². The number of allylic oxidation sites excluding steroid dienone is 1. The Morgan fingerprint density at radius 3 is 2.56 bits per heavy atom. The van der Waals surface area contributed by atoms with E-state index in [2.05, 4.69) is 17.2 Å². The maximum absolute atomic E-state index is 4.81. The van der Waals surface area contributed by atoms with Gasteiger partial charge in [-0.3, -0.25) is 0 Å². The van der Waals surface area contributed by atoms with Crippen molar-refractivity contribution in [2.75, 3.05) is 7.05 Å². The predicted molar refractivity (Wildman–Crippen MR) is 44.2 cm³/mol. The van der Waals surface area contributed by atoms with Gasteiger partial charge in [0.25, 0.3) is 0 Å². The number of hydrogen-bond donors (Lipinski definition) is 2. The van der Waals surface area contributed by atoms with E-state index in [9.17, 15) is 0 Å². The molecule has 2 nitrogen and oxygen atoms in total. The summed E-state index contributed by atoms with van der Waals surface area (Å²) in [5, 5.41) is 6.32. The Hall–Kier alpha value is -0.570. The van der Waals surface area contributed by atoms with E-state index in [-0.39, 0.29) is 0 Å². The van der Waals surface area contributed by atoms with E-state index in [1.807, 2.05) is 6.92 Å². The molecule has 0 amide bonds. The summed E-state index contributed by atoms with van der Waals surface area (Å²) >= 11 is 4.81. The molecule has 2 N–H and O–H groups in total. The Morgan fingerprint density at radius 1 is 1.67 bits per heavy atom. The number of rotatable bonds is 2. The third kappa shape index (κ3) is 3.97. The van der Waals surface area contributed by atoms with Crippen molar-refractivity contribution in [1.82, 2.24) is 10.6 Å². The van der Waals surface area contributed by atoms with Gasteiger partial charge < -0.3 is 10.6 Å². The maximum atomic E-state index is 4.81. The third-order valence-corrected chi connectivity index (χ3v) is 1.25. The van der Waals surface area contributed by atoms with E-state index in [1.54, 1.807) is 7.05 Å². The average molecular weight is 144 g/mol. The Balaban J connectivity index is 3.47. The molecular weight excluding hydrogens is 132 g/mol. The van der Waals surface area contributed by atoms with Crippen LogP contribution < -0.4 is 10.6 Å². The summed E-state index contributed by atoms with van der Waals surface area (Å²) in [6.07, 6.45) is 0.905. The molecule has 3 heteroatoms. The van der Waals surface area contributed by atoms with Crippen LogP contribution in [0.4, 0.5) is 0 Å². The summed E-state index contributed by atoms with van der Waals surface area (Å²) in [6, 6.07) is 0. The lowest BCUT2D eigenvalue weighted by Crippen LogP contribution is -2.31. The van der Waals surface area contributed by atoms with E-state index in [0.29, 0.717) is 5.11 Å². The Kier molecular flexibility index (Phi) is 4.05. The fourth-order valence-electron chi connectivity index (χ4n) is 0.311. The normalized spacial score (nSPS) is 8.22. The Morgan fingerprint density at radius 2 is 2.22 bits per heavy atom. The van der Waals surface area contributed by atoms with Gasteiger partial charge in [0.05, 0.1) is 0 Å². The minimum atomic E-state index is 0.627. The molecule has 0 aliphatic rings. The van der Waals surface area contributed by atoms with Gasteiger partial charge >= 0.3 is 0 Å². The molecule has 0 aromatic carbocycles. The van der Waals surface area contributed by atoms with Crippen molar-refractivity contribution >= 4 is 17.3 Å². The molecule has 0 fully saturated rings. The monoisotopic (exact) mass is 144 g/mol. The second-order valence-corrected chi connectivity index (χ2v) is 2.07. The van der Waals surface area contributed by atoms with Crippen LogP contribution in [-0.4, -0.2) is 12.2 Å². The highest BCUT2D eigenvalue weighted by Crippen LogP contribution is 1.88. The van der Waals surface area contributed by atoms with Crippen molar-refractivity contribution in [2.45, 2.75) is 13.3 Å². The van der Waals surface area contributed by atoms with Gasteiger partial charge in [-0.15, -0.1) is 0 Å². The number of nitrogens with one attached hydrogen (secondary N) is 2. The van der Waals surface area contributed by atoms with E-state index in [1.165, 1.54) is 0 Å². The van der Waals surface area contributed by atoms with Gasteiger partial charge in [-0.2, -0.15) is 0 Å². The van der Waals surface area contributed by atoms with E-state index in [0.717, 1.165) is 12.1 Å². The summed E-state index contributed by atoms with van der Waals surface area (Å²) in [5.74, 6) is 0.